The normalized spacial score (nSPS) is 21.4. The maximum atomic E-state index is 11.9. The van der Waals surface area contributed by atoms with E-state index in [1.165, 1.54) is 7.11 Å². The van der Waals surface area contributed by atoms with Gasteiger partial charge in [0.15, 0.2) is 0 Å². The molecule has 1 unspecified atom stereocenters. The third kappa shape index (κ3) is 4.64. The van der Waals surface area contributed by atoms with Crippen molar-refractivity contribution in [2.45, 2.75) is 39.7 Å². The van der Waals surface area contributed by atoms with Crippen molar-refractivity contribution in [3.63, 3.8) is 0 Å². The molecule has 1 heterocycles. The molecule has 104 valence electrons. The predicted octanol–water partition coefficient (Wildman–Crippen LogP) is 0.786. The van der Waals surface area contributed by atoms with Gasteiger partial charge in [0.2, 0.25) is 5.91 Å². The first-order chi connectivity index (χ1) is 8.32. The number of nitrogens with one attached hydrogen (secondary N) is 1. The topological polar surface area (TPSA) is 58.6 Å². The number of esters is 1. The van der Waals surface area contributed by atoms with Crippen LogP contribution in [0.3, 0.4) is 0 Å². The molecule has 1 aliphatic heterocycles. The monoisotopic (exact) mass is 256 g/mol. The Kier molecular flexibility index (Phi) is 5.14. The van der Waals surface area contributed by atoms with Crippen LogP contribution < -0.4 is 5.32 Å². The Hall–Kier alpha value is -1.10. The van der Waals surface area contributed by atoms with E-state index in [4.69, 9.17) is 0 Å². The zero-order valence-corrected chi connectivity index (χ0v) is 11.8. The Morgan fingerprint density at radius 2 is 2.06 bits per heavy atom. The number of hydrogen-bond acceptors (Lipinski definition) is 4. The molecule has 0 spiro atoms. The molecule has 0 aliphatic carbocycles. The van der Waals surface area contributed by atoms with Crippen LogP contribution in [0, 0.1) is 5.41 Å². The van der Waals surface area contributed by atoms with E-state index in [9.17, 15) is 9.59 Å². The van der Waals surface area contributed by atoms with E-state index in [-0.39, 0.29) is 23.3 Å². The van der Waals surface area contributed by atoms with Crippen molar-refractivity contribution in [2.75, 3.05) is 26.7 Å². The number of likely N-dealkylation sites (tertiary alicyclic amines) is 1. The highest BCUT2D eigenvalue weighted by molar-refractivity contribution is 5.81. The van der Waals surface area contributed by atoms with Crippen LogP contribution in [0.1, 0.15) is 33.6 Å². The molecule has 1 amide bonds. The van der Waals surface area contributed by atoms with Crippen LogP contribution in [0.5, 0.6) is 0 Å². The van der Waals surface area contributed by atoms with Crippen molar-refractivity contribution < 1.29 is 14.3 Å². The van der Waals surface area contributed by atoms with Gasteiger partial charge in [-0.3, -0.25) is 14.5 Å². The lowest BCUT2D eigenvalue weighted by Gasteiger charge is -2.33. The Bertz CT molecular complexity index is 310. The molecule has 1 aliphatic rings. The second-order valence-corrected chi connectivity index (χ2v) is 5.87. The molecule has 0 aromatic carbocycles. The molecule has 0 saturated carbocycles. The van der Waals surface area contributed by atoms with Gasteiger partial charge < -0.3 is 10.1 Å². The van der Waals surface area contributed by atoms with E-state index in [2.05, 4.69) is 10.1 Å². The van der Waals surface area contributed by atoms with Crippen LogP contribution in [-0.4, -0.2) is 49.6 Å². The fourth-order valence-corrected chi connectivity index (χ4v) is 1.97. The number of hydrogen-bond donors (Lipinski definition) is 1. The third-order valence-corrected chi connectivity index (χ3v) is 3.10. The van der Waals surface area contributed by atoms with E-state index < -0.39 is 0 Å². The molecule has 5 nitrogen and oxygen atoms in total. The first kappa shape index (κ1) is 15.0. The summed E-state index contributed by atoms with van der Waals surface area (Å²) < 4.78 is 4.66. The first-order valence-corrected chi connectivity index (χ1v) is 6.43. The molecule has 1 fully saturated rings. The molecule has 1 atom stereocenters. The van der Waals surface area contributed by atoms with Crippen LogP contribution in [0.4, 0.5) is 0 Å². The van der Waals surface area contributed by atoms with Gasteiger partial charge in [0.05, 0.1) is 13.7 Å². The number of methoxy groups -OCH3 is 1. The van der Waals surface area contributed by atoms with Gasteiger partial charge in [0, 0.05) is 18.0 Å². The minimum Gasteiger partial charge on any atom is -0.468 e. The summed E-state index contributed by atoms with van der Waals surface area (Å²) in [5.41, 5.74) is -0.370. The standard InChI is InChI=1S/C13H24N2O3/c1-13(2,3)12(17)14-10-6-5-7-15(8-10)9-11(16)18-4/h10H,5-9H2,1-4H3,(H,14,17). The van der Waals surface area contributed by atoms with E-state index >= 15 is 0 Å². The van der Waals surface area contributed by atoms with Crippen LogP contribution in [0.15, 0.2) is 0 Å². The number of ether oxygens (including phenoxy) is 1. The molecule has 18 heavy (non-hydrogen) atoms. The minimum absolute atomic E-state index is 0.0624. The Morgan fingerprint density at radius 3 is 2.61 bits per heavy atom. The van der Waals surface area contributed by atoms with Crippen LogP contribution in [0.25, 0.3) is 0 Å². The number of nitrogens with zero attached hydrogens (tertiary/aromatic N) is 1. The first-order valence-electron chi connectivity index (χ1n) is 6.43. The number of piperidine rings is 1. The molecule has 1 saturated heterocycles. The summed E-state index contributed by atoms with van der Waals surface area (Å²) in [5.74, 6) is -0.162. The summed E-state index contributed by atoms with van der Waals surface area (Å²) in [6, 6.07) is 0.134. The van der Waals surface area contributed by atoms with Gasteiger partial charge in [0.1, 0.15) is 0 Å². The molecular weight excluding hydrogens is 232 g/mol. The third-order valence-electron chi connectivity index (χ3n) is 3.10. The van der Waals surface area contributed by atoms with Crippen molar-refractivity contribution in [1.82, 2.24) is 10.2 Å². The lowest BCUT2D eigenvalue weighted by atomic mass is 9.94. The van der Waals surface area contributed by atoms with Gasteiger partial charge in [-0.2, -0.15) is 0 Å². The SMILES string of the molecule is COC(=O)CN1CCCC(NC(=O)C(C)(C)C)C1. The Morgan fingerprint density at radius 1 is 1.39 bits per heavy atom. The lowest BCUT2D eigenvalue weighted by molar-refractivity contribution is -0.142. The summed E-state index contributed by atoms with van der Waals surface area (Å²) >= 11 is 0. The molecular formula is C13H24N2O3. The average Bonchev–Trinajstić information content (AvgIpc) is 2.28. The zero-order chi connectivity index (χ0) is 13.8. The van der Waals surface area contributed by atoms with Crippen molar-refractivity contribution >= 4 is 11.9 Å². The van der Waals surface area contributed by atoms with Crippen molar-refractivity contribution in [1.29, 1.82) is 0 Å². The summed E-state index contributed by atoms with van der Waals surface area (Å²) in [6.07, 6.45) is 1.96. The fourth-order valence-electron chi connectivity index (χ4n) is 1.97. The molecule has 1 rings (SSSR count). The van der Waals surface area contributed by atoms with Crippen molar-refractivity contribution in [2.24, 2.45) is 5.41 Å². The molecule has 5 heteroatoms. The maximum Gasteiger partial charge on any atom is 0.319 e. The van der Waals surface area contributed by atoms with Gasteiger partial charge in [-0.15, -0.1) is 0 Å². The second-order valence-electron chi connectivity index (χ2n) is 5.87. The van der Waals surface area contributed by atoms with Gasteiger partial charge in [0.25, 0.3) is 0 Å². The van der Waals surface area contributed by atoms with E-state index in [0.29, 0.717) is 6.54 Å². The van der Waals surface area contributed by atoms with Crippen LogP contribution in [0.2, 0.25) is 0 Å². The maximum absolute atomic E-state index is 11.9. The lowest BCUT2D eigenvalue weighted by Crippen LogP contribution is -2.51. The quantitative estimate of drug-likeness (QED) is 0.758. The highest BCUT2D eigenvalue weighted by Crippen LogP contribution is 2.16. The van der Waals surface area contributed by atoms with Crippen LogP contribution >= 0.6 is 0 Å². The highest BCUT2D eigenvalue weighted by Gasteiger charge is 2.27. The van der Waals surface area contributed by atoms with Gasteiger partial charge in [-0.1, -0.05) is 20.8 Å². The van der Waals surface area contributed by atoms with Gasteiger partial charge >= 0.3 is 5.97 Å². The summed E-state index contributed by atoms with van der Waals surface area (Å²) in [7, 11) is 1.39. The van der Waals surface area contributed by atoms with Crippen LogP contribution in [-0.2, 0) is 14.3 Å². The molecule has 1 N–H and O–H groups in total. The number of carbonyl (C=O) groups is 2. The summed E-state index contributed by atoms with van der Waals surface area (Å²) in [4.78, 5) is 25.1. The summed E-state index contributed by atoms with van der Waals surface area (Å²) in [6.45, 7) is 7.61. The van der Waals surface area contributed by atoms with Crippen molar-refractivity contribution in [3.8, 4) is 0 Å². The Balaban J connectivity index is 2.44. The number of amides is 1. The zero-order valence-electron chi connectivity index (χ0n) is 11.8. The smallest absolute Gasteiger partial charge is 0.319 e. The van der Waals surface area contributed by atoms with E-state index in [0.717, 1.165) is 25.9 Å². The fraction of sp³-hybridized carbons (Fsp3) is 0.846. The number of carbonyl (C=O) groups excluding carboxylic acids is 2. The highest BCUT2D eigenvalue weighted by atomic mass is 16.5. The molecule has 0 radical (unpaired) electrons. The molecule has 0 aromatic rings. The van der Waals surface area contributed by atoms with E-state index in [1.54, 1.807) is 0 Å². The predicted molar refractivity (Wildman–Crippen MR) is 69.1 cm³/mol. The number of rotatable bonds is 3. The molecule has 0 bridgehead atoms. The van der Waals surface area contributed by atoms with Gasteiger partial charge in [-0.05, 0) is 19.4 Å². The largest absolute Gasteiger partial charge is 0.468 e. The molecule has 0 aromatic heterocycles. The average molecular weight is 256 g/mol. The minimum atomic E-state index is -0.370. The van der Waals surface area contributed by atoms with E-state index in [1.807, 2.05) is 25.7 Å². The second kappa shape index (κ2) is 6.18. The summed E-state index contributed by atoms with van der Waals surface area (Å²) in [5, 5.41) is 3.05. The Labute approximate surface area is 109 Å². The van der Waals surface area contributed by atoms with Gasteiger partial charge in [-0.25, -0.2) is 0 Å². The van der Waals surface area contributed by atoms with Crippen molar-refractivity contribution in [3.05, 3.63) is 0 Å².